The number of hydrogen-bond donors (Lipinski definition) is 1. The van der Waals surface area contributed by atoms with Gasteiger partial charge in [0, 0.05) is 10.0 Å². The van der Waals surface area contributed by atoms with Gasteiger partial charge in [-0.25, -0.2) is 4.39 Å². The van der Waals surface area contributed by atoms with E-state index in [0.29, 0.717) is 5.56 Å². The third kappa shape index (κ3) is 3.56. The van der Waals surface area contributed by atoms with Crippen molar-refractivity contribution in [1.82, 2.24) is 0 Å². The molecule has 0 aliphatic heterocycles. The Balaban J connectivity index is 2.46. The summed E-state index contributed by atoms with van der Waals surface area (Å²) in [5.41, 5.74) is -0.0162. The number of hydrogen-bond acceptors (Lipinski definition) is 4. The summed E-state index contributed by atoms with van der Waals surface area (Å²) < 4.78 is 19.3. The minimum atomic E-state index is -0.822. The van der Waals surface area contributed by atoms with Gasteiger partial charge >= 0.3 is 5.69 Å². The molecule has 110 valence electrons. The summed E-state index contributed by atoms with van der Waals surface area (Å²) in [6, 6.07) is 7.94. The van der Waals surface area contributed by atoms with Crippen LogP contribution in [0, 0.1) is 15.9 Å². The molecule has 1 N–H and O–H groups in total. The van der Waals surface area contributed by atoms with Crippen LogP contribution in [0.5, 0.6) is 11.5 Å². The second-order valence-electron chi connectivity index (χ2n) is 4.33. The van der Waals surface area contributed by atoms with E-state index in [1.165, 1.54) is 6.07 Å². The summed E-state index contributed by atoms with van der Waals surface area (Å²) in [6.45, 7) is 1.55. The maximum absolute atomic E-state index is 13.1. The molecule has 0 aromatic heterocycles. The van der Waals surface area contributed by atoms with Gasteiger partial charge in [-0.15, -0.1) is 0 Å². The molecule has 2 aromatic rings. The molecule has 0 spiro atoms. The van der Waals surface area contributed by atoms with Gasteiger partial charge in [0.1, 0.15) is 11.6 Å². The first-order valence-electron chi connectivity index (χ1n) is 5.98. The van der Waals surface area contributed by atoms with Crippen LogP contribution in [-0.4, -0.2) is 10.0 Å². The summed E-state index contributed by atoms with van der Waals surface area (Å²) in [5.74, 6) is -0.547. The van der Waals surface area contributed by atoms with E-state index >= 15 is 0 Å². The highest BCUT2D eigenvalue weighted by Gasteiger charge is 2.19. The first-order chi connectivity index (χ1) is 9.88. The largest absolute Gasteiger partial charge is 0.450 e. The number of rotatable bonds is 4. The van der Waals surface area contributed by atoms with Crippen LogP contribution in [0.3, 0.4) is 0 Å². The highest BCUT2D eigenvalue weighted by atomic mass is 79.9. The zero-order valence-electron chi connectivity index (χ0n) is 10.9. The molecule has 2 rings (SSSR count). The second kappa shape index (κ2) is 6.19. The van der Waals surface area contributed by atoms with E-state index in [-0.39, 0.29) is 11.5 Å². The lowest BCUT2D eigenvalue weighted by Gasteiger charge is -2.13. The minimum Gasteiger partial charge on any atom is -0.450 e. The number of aliphatic hydroxyl groups is 1. The summed E-state index contributed by atoms with van der Waals surface area (Å²) in [4.78, 5) is 10.2. The van der Waals surface area contributed by atoms with Crippen molar-refractivity contribution < 1.29 is 19.2 Å². The molecule has 2 aromatic carbocycles. The zero-order chi connectivity index (χ0) is 15.6. The number of ether oxygens (including phenoxy) is 1. The summed E-state index contributed by atoms with van der Waals surface area (Å²) in [7, 11) is 0. The molecular weight excluding hydrogens is 345 g/mol. The van der Waals surface area contributed by atoms with Crippen LogP contribution in [0.4, 0.5) is 10.1 Å². The van der Waals surface area contributed by atoms with Crippen molar-refractivity contribution >= 4 is 21.6 Å². The maximum Gasteiger partial charge on any atom is 0.314 e. The molecule has 0 fully saturated rings. The van der Waals surface area contributed by atoms with Crippen molar-refractivity contribution in [1.29, 1.82) is 0 Å². The standard InChI is InChI=1S/C14H11BrFNO4/c1-8(18)11-6-9(15)2-4-13(11)21-14-5-3-10(16)7-12(14)17(19)20/h2-8,18H,1H3. The molecule has 1 unspecified atom stereocenters. The normalized spacial score (nSPS) is 12.0. The van der Waals surface area contributed by atoms with Gasteiger partial charge in [-0.3, -0.25) is 10.1 Å². The molecule has 0 bridgehead atoms. The molecule has 0 aliphatic rings. The fourth-order valence-electron chi connectivity index (χ4n) is 1.78. The van der Waals surface area contributed by atoms with Gasteiger partial charge in [-0.2, -0.15) is 0 Å². The van der Waals surface area contributed by atoms with Gasteiger partial charge < -0.3 is 9.84 Å². The summed E-state index contributed by atoms with van der Waals surface area (Å²) in [5, 5.41) is 20.7. The van der Waals surface area contributed by atoms with Crippen molar-refractivity contribution in [3.8, 4) is 11.5 Å². The van der Waals surface area contributed by atoms with Gasteiger partial charge in [0.05, 0.1) is 17.1 Å². The lowest BCUT2D eigenvalue weighted by molar-refractivity contribution is -0.385. The van der Waals surface area contributed by atoms with Crippen molar-refractivity contribution in [2.75, 3.05) is 0 Å². The highest BCUT2D eigenvalue weighted by molar-refractivity contribution is 9.10. The predicted octanol–water partition coefficient (Wildman–Crippen LogP) is 4.34. The Morgan fingerprint density at radius 2 is 1.95 bits per heavy atom. The molecule has 0 saturated carbocycles. The zero-order valence-corrected chi connectivity index (χ0v) is 12.5. The van der Waals surface area contributed by atoms with Crippen LogP contribution in [0.25, 0.3) is 0 Å². The molecule has 7 heteroatoms. The molecule has 0 amide bonds. The van der Waals surface area contributed by atoms with Crippen LogP contribution in [0.2, 0.25) is 0 Å². The second-order valence-corrected chi connectivity index (χ2v) is 5.25. The SMILES string of the molecule is CC(O)c1cc(Br)ccc1Oc1ccc(F)cc1[N+](=O)[O-]. The Morgan fingerprint density at radius 3 is 2.57 bits per heavy atom. The van der Waals surface area contributed by atoms with Gasteiger partial charge in [-0.1, -0.05) is 15.9 Å². The lowest BCUT2D eigenvalue weighted by atomic mass is 10.1. The van der Waals surface area contributed by atoms with Crippen LogP contribution in [-0.2, 0) is 0 Å². The topological polar surface area (TPSA) is 72.6 Å². The smallest absolute Gasteiger partial charge is 0.314 e. The molecule has 21 heavy (non-hydrogen) atoms. The maximum atomic E-state index is 13.1. The third-order valence-electron chi connectivity index (χ3n) is 2.76. The van der Waals surface area contributed by atoms with E-state index in [1.54, 1.807) is 25.1 Å². The average Bonchev–Trinajstić information content (AvgIpc) is 2.42. The number of nitro groups is 1. The Morgan fingerprint density at radius 1 is 1.29 bits per heavy atom. The van der Waals surface area contributed by atoms with Crippen molar-refractivity contribution in [3.05, 3.63) is 62.4 Å². The number of nitrogens with zero attached hydrogens (tertiary/aromatic N) is 1. The van der Waals surface area contributed by atoms with E-state index in [9.17, 15) is 19.6 Å². The number of halogens is 2. The van der Waals surface area contributed by atoms with Gasteiger partial charge in [0.2, 0.25) is 5.75 Å². The van der Waals surface area contributed by atoms with Crippen LogP contribution < -0.4 is 4.74 Å². The van der Waals surface area contributed by atoms with Crippen molar-refractivity contribution in [2.24, 2.45) is 0 Å². The van der Waals surface area contributed by atoms with E-state index < -0.39 is 22.5 Å². The van der Waals surface area contributed by atoms with Gasteiger partial charge in [-0.05, 0) is 37.3 Å². The van der Waals surface area contributed by atoms with Crippen molar-refractivity contribution in [3.63, 3.8) is 0 Å². The minimum absolute atomic E-state index is 0.0920. The van der Waals surface area contributed by atoms with Crippen LogP contribution in [0.1, 0.15) is 18.6 Å². The van der Waals surface area contributed by atoms with Crippen molar-refractivity contribution in [2.45, 2.75) is 13.0 Å². The molecule has 5 nitrogen and oxygen atoms in total. The van der Waals surface area contributed by atoms with E-state index in [2.05, 4.69) is 15.9 Å². The average molecular weight is 356 g/mol. The Labute approximate surface area is 128 Å². The van der Waals surface area contributed by atoms with E-state index in [4.69, 9.17) is 4.74 Å². The molecule has 0 saturated heterocycles. The van der Waals surface area contributed by atoms with E-state index in [0.717, 1.165) is 16.6 Å². The number of benzene rings is 2. The predicted molar refractivity (Wildman–Crippen MR) is 77.9 cm³/mol. The lowest BCUT2D eigenvalue weighted by Crippen LogP contribution is -1.99. The molecule has 0 radical (unpaired) electrons. The fourth-order valence-corrected chi connectivity index (χ4v) is 2.16. The summed E-state index contributed by atoms with van der Waals surface area (Å²) in [6.07, 6.45) is -0.822. The molecule has 1 atom stereocenters. The third-order valence-corrected chi connectivity index (χ3v) is 3.25. The van der Waals surface area contributed by atoms with Crippen LogP contribution >= 0.6 is 15.9 Å². The van der Waals surface area contributed by atoms with Gasteiger partial charge in [0.25, 0.3) is 0 Å². The number of aliphatic hydroxyl groups excluding tert-OH is 1. The first kappa shape index (κ1) is 15.4. The molecular formula is C14H11BrFNO4. The highest BCUT2D eigenvalue weighted by Crippen LogP contribution is 2.36. The Bertz CT molecular complexity index is 691. The van der Waals surface area contributed by atoms with Gasteiger partial charge in [0.15, 0.2) is 0 Å². The van der Waals surface area contributed by atoms with Crippen LogP contribution in [0.15, 0.2) is 40.9 Å². The molecule has 0 aliphatic carbocycles. The number of nitro benzene ring substituents is 1. The fraction of sp³-hybridized carbons (Fsp3) is 0.143. The first-order valence-corrected chi connectivity index (χ1v) is 6.77. The monoisotopic (exact) mass is 355 g/mol. The summed E-state index contributed by atoms with van der Waals surface area (Å²) >= 11 is 3.27. The Kier molecular flexibility index (Phi) is 4.54. The quantitative estimate of drug-likeness (QED) is 0.653. The Hall–Kier alpha value is -1.99. The van der Waals surface area contributed by atoms with E-state index in [1.807, 2.05) is 0 Å². The molecule has 0 heterocycles.